The number of rotatable bonds is 6. The zero-order valence-electron chi connectivity index (χ0n) is 15.1. The van der Waals surface area contributed by atoms with Crippen molar-refractivity contribution in [3.63, 3.8) is 0 Å². The molecule has 0 spiro atoms. The highest BCUT2D eigenvalue weighted by Gasteiger charge is 2.22. The lowest BCUT2D eigenvalue weighted by molar-refractivity contribution is 0.0981. The Balaban J connectivity index is 1.64. The van der Waals surface area contributed by atoms with Crippen molar-refractivity contribution in [3.05, 3.63) is 65.6 Å². The monoisotopic (exact) mass is 395 g/mol. The van der Waals surface area contributed by atoms with Crippen LogP contribution in [-0.2, 0) is 6.54 Å². The van der Waals surface area contributed by atoms with Gasteiger partial charge in [0, 0.05) is 12.5 Å². The van der Waals surface area contributed by atoms with Gasteiger partial charge in [-0.15, -0.1) is 5.10 Å². The molecule has 146 valence electrons. The van der Waals surface area contributed by atoms with E-state index >= 15 is 0 Å². The van der Waals surface area contributed by atoms with Crippen LogP contribution < -0.4 is 5.73 Å². The van der Waals surface area contributed by atoms with E-state index in [1.54, 1.807) is 18.2 Å². The van der Waals surface area contributed by atoms with Crippen LogP contribution in [-0.4, -0.2) is 31.7 Å². The molecule has 4 aromatic rings. The number of halogens is 1. The topological polar surface area (TPSA) is 130 Å². The molecular formula is C19H14FN5O4. The second kappa shape index (κ2) is 7.15. The SMILES string of the molecule is CC(=O)c1ccc(Cn2ncc(-c3nc(C(N)=O)c(-c4cccc(F)c4)o3)n2)o1. The van der Waals surface area contributed by atoms with Gasteiger partial charge in [0.05, 0.1) is 6.20 Å². The molecule has 9 nitrogen and oxygen atoms in total. The third-order valence-electron chi connectivity index (χ3n) is 4.01. The predicted molar refractivity (Wildman–Crippen MR) is 97.2 cm³/mol. The van der Waals surface area contributed by atoms with Crippen molar-refractivity contribution in [2.24, 2.45) is 5.73 Å². The molecule has 0 atom stereocenters. The molecule has 4 rings (SSSR count). The van der Waals surface area contributed by atoms with Gasteiger partial charge in [0.15, 0.2) is 28.7 Å². The highest BCUT2D eigenvalue weighted by molar-refractivity contribution is 5.97. The number of amides is 1. The predicted octanol–water partition coefficient (Wildman–Crippen LogP) is 2.68. The number of benzene rings is 1. The van der Waals surface area contributed by atoms with E-state index in [0.29, 0.717) is 11.3 Å². The van der Waals surface area contributed by atoms with E-state index in [4.69, 9.17) is 14.6 Å². The third-order valence-corrected chi connectivity index (χ3v) is 4.01. The Labute approximate surface area is 162 Å². The van der Waals surface area contributed by atoms with Gasteiger partial charge in [0.25, 0.3) is 5.91 Å². The molecule has 0 radical (unpaired) electrons. The summed E-state index contributed by atoms with van der Waals surface area (Å²) in [7, 11) is 0. The molecule has 1 amide bonds. The molecule has 0 bridgehead atoms. The summed E-state index contributed by atoms with van der Waals surface area (Å²) in [4.78, 5) is 28.5. The molecule has 1 aromatic carbocycles. The van der Waals surface area contributed by atoms with Gasteiger partial charge in [-0.2, -0.15) is 9.90 Å². The molecule has 0 fully saturated rings. The van der Waals surface area contributed by atoms with Gasteiger partial charge in [-0.3, -0.25) is 9.59 Å². The number of oxazole rings is 1. The van der Waals surface area contributed by atoms with Crippen LogP contribution in [0, 0.1) is 5.82 Å². The maximum atomic E-state index is 13.5. The van der Waals surface area contributed by atoms with Gasteiger partial charge < -0.3 is 14.6 Å². The molecule has 10 heteroatoms. The largest absolute Gasteiger partial charge is 0.456 e. The number of Topliss-reactive ketones (excluding diaryl/α,β-unsaturated/α-hetero) is 1. The molecule has 3 heterocycles. The Morgan fingerprint density at radius 2 is 2.03 bits per heavy atom. The minimum atomic E-state index is -0.820. The van der Waals surface area contributed by atoms with E-state index in [9.17, 15) is 14.0 Å². The number of carbonyl (C=O) groups is 2. The van der Waals surface area contributed by atoms with E-state index < -0.39 is 11.7 Å². The number of ketones is 1. The molecule has 2 N–H and O–H groups in total. The van der Waals surface area contributed by atoms with Crippen LogP contribution in [0.4, 0.5) is 4.39 Å². The molecule has 29 heavy (non-hydrogen) atoms. The standard InChI is InChI=1S/C19H14FN5O4/c1-10(26)15-6-5-13(28-15)9-25-22-8-14(24-25)19-23-16(18(21)27)17(29-19)11-3-2-4-12(20)7-11/h2-8H,9H2,1H3,(H2,21,27). The van der Waals surface area contributed by atoms with E-state index in [-0.39, 0.29) is 41.1 Å². The number of hydrogen-bond acceptors (Lipinski definition) is 7. The van der Waals surface area contributed by atoms with Crippen LogP contribution >= 0.6 is 0 Å². The number of furan rings is 1. The smallest absolute Gasteiger partial charge is 0.271 e. The van der Waals surface area contributed by atoms with Crippen molar-refractivity contribution < 1.29 is 22.8 Å². The summed E-state index contributed by atoms with van der Waals surface area (Å²) in [6.45, 7) is 1.58. The van der Waals surface area contributed by atoms with Crippen molar-refractivity contribution in [1.82, 2.24) is 20.0 Å². The summed E-state index contributed by atoms with van der Waals surface area (Å²) in [5.41, 5.74) is 5.80. The van der Waals surface area contributed by atoms with Gasteiger partial charge >= 0.3 is 0 Å². The van der Waals surface area contributed by atoms with Crippen molar-refractivity contribution in [2.75, 3.05) is 0 Å². The zero-order valence-corrected chi connectivity index (χ0v) is 15.1. The number of hydrogen-bond donors (Lipinski definition) is 1. The summed E-state index contributed by atoms with van der Waals surface area (Å²) in [5.74, 6) is -0.723. The molecule has 0 unspecified atom stereocenters. The minimum Gasteiger partial charge on any atom is -0.456 e. The maximum absolute atomic E-state index is 13.5. The molecule has 0 aliphatic carbocycles. The minimum absolute atomic E-state index is 0.00758. The Hall–Kier alpha value is -4.08. The van der Waals surface area contributed by atoms with Gasteiger partial charge in [-0.1, -0.05) is 12.1 Å². The molecule has 0 aliphatic heterocycles. The Bertz CT molecular complexity index is 1220. The Morgan fingerprint density at radius 1 is 1.21 bits per heavy atom. The first-order valence-electron chi connectivity index (χ1n) is 8.47. The average molecular weight is 395 g/mol. The van der Waals surface area contributed by atoms with Gasteiger partial charge in [-0.05, 0) is 24.3 Å². The zero-order chi connectivity index (χ0) is 20.5. The third kappa shape index (κ3) is 3.68. The van der Waals surface area contributed by atoms with Crippen LogP contribution in [0.3, 0.4) is 0 Å². The van der Waals surface area contributed by atoms with Gasteiger partial charge in [0.2, 0.25) is 5.89 Å². The summed E-state index contributed by atoms with van der Waals surface area (Å²) in [5, 5.41) is 8.33. The van der Waals surface area contributed by atoms with Crippen LogP contribution in [0.2, 0.25) is 0 Å². The van der Waals surface area contributed by atoms with Gasteiger partial charge in [0.1, 0.15) is 18.1 Å². The van der Waals surface area contributed by atoms with E-state index in [1.807, 2.05) is 0 Å². The highest BCUT2D eigenvalue weighted by atomic mass is 19.1. The molecule has 0 aliphatic rings. The van der Waals surface area contributed by atoms with Crippen LogP contribution in [0.25, 0.3) is 22.9 Å². The van der Waals surface area contributed by atoms with Crippen LogP contribution in [0.15, 0.2) is 51.4 Å². The normalized spacial score (nSPS) is 11.0. The second-order valence-electron chi connectivity index (χ2n) is 6.15. The number of nitrogens with two attached hydrogens (primary N) is 1. The first kappa shape index (κ1) is 18.3. The molecule has 3 aromatic heterocycles. The fourth-order valence-corrected chi connectivity index (χ4v) is 2.69. The first-order valence-corrected chi connectivity index (χ1v) is 8.47. The fourth-order valence-electron chi connectivity index (χ4n) is 2.69. The van der Waals surface area contributed by atoms with Crippen molar-refractivity contribution in [2.45, 2.75) is 13.5 Å². The first-order chi connectivity index (χ1) is 13.9. The van der Waals surface area contributed by atoms with Crippen LogP contribution in [0.1, 0.15) is 33.7 Å². The lowest BCUT2D eigenvalue weighted by atomic mass is 10.1. The second-order valence-corrected chi connectivity index (χ2v) is 6.15. The quantitative estimate of drug-likeness (QED) is 0.497. The summed E-state index contributed by atoms with van der Waals surface area (Å²) in [6.07, 6.45) is 1.39. The molecule has 0 saturated heterocycles. The number of aromatic nitrogens is 4. The number of nitrogens with zero attached hydrogens (tertiary/aromatic N) is 4. The van der Waals surface area contributed by atoms with E-state index in [1.165, 1.54) is 36.1 Å². The maximum Gasteiger partial charge on any atom is 0.271 e. The number of primary amides is 1. The Kier molecular flexibility index (Phi) is 4.51. The number of carbonyl (C=O) groups excluding carboxylic acids is 2. The highest BCUT2D eigenvalue weighted by Crippen LogP contribution is 2.29. The lowest BCUT2D eigenvalue weighted by Crippen LogP contribution is -2.12. The molecular weight excluding hydrogens is 381 g/mol. The van der Waals surface area contributed by atoms with Crippen molar-refractivity contribution in [3.8, 4) is 22.9 Å². The summed E-state index contributed by atoms with van der Waals surface area (Å²) < 4.78 is 24.6. The lowest BCUT2D eigenvalue weighted by Gasteiger charge is -1.98. The van der Waals surface area contributed by atoms with Crippen molar-refractivity contribution >= 4 is 11.7 Å². The average Bonchev–Trinajstić information content (AvgIpc) is 3.41. The van der Waals surface area contributed by atoms with Crippen LogP contribution in [0.5, 0.6) is 0 Å². The fraction of sp³-hybridized carbons (Fsp3) is 0.105. The summed E-state index contributed by atoms with van der Waals surface area (Å²) in [6, 6.07) is 8.74. The molecule has 0 saturated carbocycles. The van der Waals surface area contributed by atoms with Gasteiger partial charge in [-0.25, -0.2) is 9.37 Å². The Morgan fingerprint density at radius 3 is 2.72 bits per heavy atom. The van der Waals surface area contributed by atoms with E-state index in [2.05, 4.69) is 15.2 Å². The van der Waals surface area contributed by atoms with E-state index in [0.717, 1.165) is 0 Å². The van der Waals surface area contributed by atoms with Crippen molar-refractivity contribution in [1.29, 1.82) is 0 Å². The summed E-state index contributed by atoms with van der Waals surface area (Å²) >= 11 is 0.